The van der Waals surface area contributed by atoms with E-state index in [9.17, 15) is 22.4 Å². The Kier molecular flexibility index (Phi) is 7.32. The van der Waals surface area contributed by atoms with E-state index >= 15 is 0 Å². The van der Waals surface area contributed by atoms with Crippen molar-refractivity contribution >= 4 is 22.4 Å². The highest BCUT2D eigenvalue weighted by molar-refractivity contribution is 7.14. The molecule has 44 heavy (non-hydrogen) atoms. The number of para-hydroxylation sites is 1. The summed E-state index contributed by atoms with van der Waals surface area (Å²) in [5, 5.41) is 16.0. The lowest BCUT2D eigenvalue weighted by atomic mass is 10.00. The topological polar surface area (TPSA) is 97.9 Å². The van der Waals surface area contributed by atoms with Crippen LogP contribution < -0.4 is 9.64 Å². The average Bonchev–Trinajstić information content (AvgIpc) is 3.44. The van der Waals surface area contributed by atoms with E-state index in [1.807, 2.05) is 5.38 Å². The fraction of sp³-hybridized carbons (Fsp3) is 0.387. The molecule has 8 nitrogen and oxygen atoms in total. The van der Waals surface area contributed by atoms with Crippen molar-refractivity contribution in [2.24, 2.45) is 0 Å². The quantitative estimate of drug-likeness (QED) is 0.187. The van der Waals surface area contributed by atoms with Crippen LogP contribution in [0.5, 0.6) is 5.75 Å². The van der Waals surface area contributed by atoms with Gasteiger partial charge < -0.3 is 24.0 Å². The summed E-state index contributed by atoms with van der Waals surface area (Å²) in [5.74, 6) is -1.63. The van der Waals surface area contributed by atoms with Gasteiger partial charge in [0.25, 0.3) is 0 Å². The van der Waals surface area contributed by atoms with Gasteiger partial charge in [0.15, 0.2) is 5.13 Å². The zero-order valence-electron chi connectivity index (χ0n) is 23.2. The number of rotatable bonds is 9. The number of aromatic carboxylic acids is 1. The number of piperidine rings is 1. The van der Waals surface area contributed by atoms with Crippen molar-refractivity contribution in [2.45, 2.75) is 75.6 Å². The number of carboxylic acids is 1. The average molecular weight is 630 g/mol. The fourth-order valence-corrected chi connectivity index (χ4v) is 7.33. The van der Waals surface area contributed by atoms with Crippen molar-refractivity contribution in [3.05, 3.63) is 70.5 Å². The second-order valence-electron chi connectivity index (χ2n) is 11.4. The molecule has 230 valence electrons. The number of fused-ring (bicyclic) bond motifs is 2. The number of hydrogen-bond donors (Lipinski definition) is 1. The van der Waals surface area contributed by atoms with Crippen LogP contribution in [0.25, 0.3) is 22.5 Å². The van der Waals surface area contributed by atoms with Crippen LogP contribution in [0.3, 0.4) is 0 Å². The smallest absolute Gasteiger partial charge is 0.478 e. The molecular formula is C31H27F4N3O5S. The van der Waals surface area contributed by atoms with E-state index < -0.39 is 18.1 Å². The van der Waals surface area contributed by atoms with E-state index in [1.165, 1.54) is 41.7 Å². The van der Waals surface area contributed by atoms with Gasteiger partial charge in [-0.25, -0.2) is 14.2 Å². The molecule has 0 radical (unpaired) electrons. The Morgan fingerprint density at radius 2 is 1.84 bits per heavy atom. The molecule has 2 aliphatic heterocycles. The molecule has 1 saturated carbocycles. The van der Waals surface area contributed by atoms with Crippen LogP contribution in [-0.2, 0) is 11.3 Å². The summed E-state index contributed by atoms with van der Waals surface area (Å²) in [4.78, 5) is 18.2. The van der Waals surface area contributed by atoms with Crippen molar-refractivity contribution in [1.29, 1.82) is 0 Å². The Balaban J connectivity index is 1.06. The molecule has 3 atom stereocenters. The molecule has 4 heterocycles. The summed E-state index contributed by atoms with van der Waals surface area (Å²) in [6.45, 7) is 0.161. The van der Waals surface area contributed by atoms with Crippen molar-refractivity contribution < 1.29 is 41.5 Å². The first-order chi connectivity index (χ1) is 21.1. The lowest BCUT2D eigenvalue weighted by molar-refractivity contribution is -0.274. The first kappa shape index (κ1) is 28.8. The molecule has 1 aliphatic carbocycles. The predicted octanol–water partition coefficient (Wildman–Crippen LogP) is 7.80. The second-order valence-corrected chi connectivity index (χ2v) is 12.2. The molecule has 13 heteroatoms. The van der Waals surface area contributed by atoms with Gasteiger partial charge in [-0.2, -0.15) is 0 Å². The highest BCUT2D eigenvalue weighted by Crippen LogP contribution is 2.47. The Labute approximate surface area is 253 Å². The van der Waals surface area contributed by atoms with Crippen molar-refractivity contribution in [2.75, 3.05) is 4.90 Å². The summed E-state index contributed by atoms with van der Waals surface area (Å²) in [7, 11) is 0. The number of carboxylic acid groups (broad SMARTS) is 1. The molecule has 2 bridgehead atoms. The maximum absolute atomic E-state index is 14.3. The van der Waals surface area contributed by atoms with Crippen molar-refractivity contribution in [1.82, 2.24) is 10.1 Å². The van der Waals surface area contributed by atoms with Gasteiger partial charge in [0.05, 0.1) is 24.0 Å². The van der Waals surface area contributed by atoms with Crippen LogP contribution in [0.15, 0.2) is 52.4 Å². The number of benzene rings is 2. The summed E-state index contributed by atoms with van der Waals surface area (Å²) in [5.41, 5.74) is 1.87. The van der Waals surface area contributed by atoms with Crippen LogP contribution in [0, 0.1) is 5.82 Å². The van der Waals surface area contributed by atoms with E-state index in [0.29, 0.717) is 28.3 Å². The number of alkyl halides is 3. The van der Waals surface area contributed by atoms with Gasteiger partial charge in [-0.05, 0) is 62.8 Å². The number of anilines is 1. The Morgan fingerprint density at radius 3 is 2.52 bits per heavy atom. The monoisotopic (exact) mass is 629 g/mol. The third-order valence-electron chi connectivity index (χ3n) is 8.50. The summed E-state index contributed by atoms with van der Waals surface area (Å²) < 4.78 is 70.0. The lowest BCUT2D eigenvalue weighted by Gasteiger charge is -2.38. The summed E-state index contributed by atoms with van der Waals surface area (Å²) in [6.07, 6.45) is 0.375. The number of ether oxygens (including phenoxy) is 2. The van der Waals surface area contributed by atoms with E-state index in [2.05, 4.69) is 14.8 Å². The van der Waals surface area contributed by atoms with Crippen LogP contribution in [0.4, 0.5) is 22.7 Å². The maximum Gasteiger partial charge on any atom is 0.573 e. The van der Waals surface area contributed by atoms with Gasteiger partial charge in [-0.15, -0.1) is 24.5 Å². The molecule has 3 fully saturated rings. The molecule has 4 aromatic rings. The van der Waals surface area contributed by atoms with Crippen LogP contribution >= 0.6 is 11.3 Å². The third-order valence-corrected chi connectivity index (χ3v) is 9.35. The zero-order chi connectivity index (χ0) is 30.6. The van der Waals surface area contributed by atoms with E-state index in [1.54, 1.807) is 12.1 Å². The second kappa shape index (κ2) is 11.2. The van der Waals surface area contributed by atoms with Gasteiger partial charge in [0, 0.05) is 40.1 Å². The molecule has 3 aliphatic rings. The van der Waals surface area contributed by atoms with Crippen LogP contribution in [0.1, 0.15) is 66.1 Å². The van der Waals surface area contributed by atoms with E-state index in [0.717, 1.165) is 43.7 Å². The van der Waals surface area contributed by atoms with Gasteiger partial charge in [0.2, 0.25) is 0 Å². The zero-order valence-corrected chi connectivity index (χ0v) is 24.0. The predicted molar refractivity (Wildman–Crippen MR) is 152 cm³/mol. The first-order valence-corrected chi connectivity index (χ1v) is 15.2. The molecule has 2 aromatic heterocycles. The normalized spacial score (nSPS) is 21.5. The molecule has 0 unspecified atom stereocenters. The number of aromatic nitrogens is 2. The molecule has 2 saturated heterocycles. The van der Waals surface area contributed by atoms with Gasteiger partial charge in [0.1, 0.15) is 23.0 Å². The minimum Gasteiger partial charge on any atom is -0.478 e. The highest BCUT2D eigenvalue weighted by atomic mass is 32.1. The number of carbonyl (C=O) groups is 1. The largest absolute Gasteiger partial charge is 0.573 e. The fourth-order valence-electron chi connectivity index (χ4n) is 6.36. The lowest BCUT2D eigenvalue weighted by Crippen LogP contribution is -2.45. The Morgan fingerprint density at radius 1 is 1.09 bits per heavy atom. The van der Waals surface area contributed by atoms with E-state index in [4.69, 9.17) is 19.4 Å². The molecule has 1 N–H and O–H groups in total. The first-order valence-electron chi connectivity index (χ1n) is 14.4. The molecular weight excluding hydrogens is 602 g/mol. The SMILES string of the molecule is O=C(O)c1ccc(-c2csc(N3[C@@H]4CC[C@H]3C[C@@H](OCc3c(-c5ccccc5OC(F)(F)F)noc3C3CC3)C4)n2)cc1F. The molecule has 2 aromatic carbocycles. The maximum atomic E-state index is 14.3. The number of halogens is 4. The van der Waals surface area contributed by atoms with Gasteiger partial charge in [-0.3, -0.25) is 0 Å². The third kappa shape index (κ3) is 5.65. The number of hydrogen-bond acceptors (Lipinski definition) is 8. The molecule has 0 amide bonds. The number of nitrogens with zero attached hydrogens (tertiary/aromatic N) is 3. The highest BCUT2D eigenvalue weighted by Gasteiger charge is 2.43. The number of thiazole rings is 1. The minimum absolute atomic E-state index is 0.0719. The van der Waals surface area contributed by atoms with Crippen molar-refractivity contribution in [3.63, 3.8) is 0 Å². The molecule has 0 spiro atoms. The minimum atomic E-state index is -4.84. The van der Waals surface area contributed by atoms with E-state index in [-0.39, 0.29) is 47.6 Å². The van der Waals surface area contributed by atoms with Gasteiger partial charge >= 0.3 is 12.3 Å². The standard InChI is InChI=1S/C31H27F4N3O5S/c32-24-11-17(7-10-21(24)29(39)40)25-15-44-30(36-25)38-18-8-9-19(38)13-20(12-18)41-14-23-27(37-43-28(23)16-5-6-16)22-3-1-2-4-26(22)42-31(33,34)35/h1-4,7,10-11,15-16,18-20H,5-6,8-9,12-14H2,(H,39,40)/t18-,19+,20+. The Hall–Kier alpha value is -3.97. The van der Waals surface area contributed by atoms with Crippen LogP contribution in [0.2, 0.25) is 0 Å². The van der Waals surface area contributed by atoms with Crippen molar-refractivity contribution in [3.8, 4) is 28.3 Å². The summed E-state index contributed by atoms with van der Waals surface area (Å²) in [6, 6.07) is 10.3. The van der Waals surface area contributed by atoms with Crippen LogP contribution in [-0.4, -0.2) is 45.8 Å². The van der Waals surface area contributed by atoms with Gasteiger partial charge in [-0.1, -0.05) is 23.4 Å². The Bertz CT molecular complexity index is 1690. The summed E-state index contributed by atoms with van der Waals surface area (Å²) >= 11 is 1.47. The molecule has 7 rings (SSSR count).